The second-order valence-electron chi connectivity index (χ2n) is 5.25. The van der Waals surface area contributed by atoms with Crippen LogP contribution in [0.15, 0.2) is 12.1 Å². The maximum absolute atomic E-state index is 14.1. The summed E-state index contributed by atoms with van der Waals surface area (Å²) in [6.07, 6.45) is -3.41. The van der Waals surface area contributed by atoms with Crippen LogP contribution < -0.4 is 9.47 Å². The van der Waals surface area contributed by atoms with E-state index in [1.807, 2.05) is 0 Å². The summed E-state index contributed by atoms with van der Waals surface area (Å²) in [6.45, 7) is -1.19. The van der Waals surface area contributed by atoms with Gasteiger partial charge in [-0.2, -0.15) is 5.26 Å². The van der Waals surface area contributed by atoms with Crippen molar-refractivity contribution in [2.45, 2.75) is 18.4 Å². The van der Waals surface area contributed by atoms with Gasteiger partial charge in [0.1, 0.15) is 11.6 Å². The van der Waals surface area contributed by atoms with Gasteiger partial charge in [-0.3, -0.25) is 10.1 Å². The number of halogens is 2. The number of piperidine rings is 1. The Morgan fingerprint density at radius 3 is 2.68 bits per heavy atom. The van der Waals surface area contributed by atoms with E-state index in [1.54, 1.807) is 6.07 Å². The van der Waals surface area contributed by atoms with Crippen molar-refractivity contribution in [3.05, 3.63) is 27.8 Å². The minimum atomic E-state index is -3.48. The lowest BCUT2D eigenvalue weighted by atomic mass is 10.0. The lowest BCUT2D eigenvalue weighted by Crippen LogP contribution is -2.55. The Hall–Kier alpha value is -3.16. The highest BCUT2D eigenvalue weighted by atomic mass is 19.3. The van der Waals surface area contributed by atoms with Gasteiger partial charge in [0.15, 0.2) is 17.6 Å². The molecular weight excluding hydrogens is 344 g/mol. The molecule has 134 valence electrons. The Bertz CT molecular complexity index is 749. The number of nitriles is 1. The highest BCUT2D eigenvalue weighted by Gasteiger charge is 2.48. The molecule has 0 spiro atoms. The first-order valence-corrected chi connectivity index (χ1v) is 6.98. The van der Waals surface area contributed by atoms with E-state index in [0.29, 0.717) is 4.90 Å². The molecule has 25 heavy (non-hydrogen) atoms. The van der Waals surface area contributed by atoms with Crippen molar-refractivity contribution in [3.8, 4) is 17.6 Å². The monoisotopic (exact) mass is 357 g/mol. The molecule has 1 N–H and O–H groups in total. The van der Waals surface area contributed by atoms with Crippen molar-refractivity contribution < 1.29 is 33.1 Å². The first-order chi connectivity index (χ1) is 11.7. The number of carboxylic acid groups (broad SMARTS) is 1. The van der Waals surface area contributed by atoms with Crippen molar-refractivity contribution in [3.63, 3.8) is 0 Å². The van der Waals surface area contributed by atoms with Crippen molar-refractivity contribution >= 4 is 11.8 Å². The summed E-state index contributed by atoms with van der Waals surface area (Å²) in [5.41, 5.74) is -0.911. The molecule has 1 aliphatic heterocycles. The van der Waals surface area contributed by atoms with Gasteiger partial charge in [0.05, 0.1) is 24.6 Å². The van der Waals surface area contributed by atoms with E-state index in [9.17, 15) is 23.7 Å². The highest BCUT2D eigenvalue weighted by molar-refractivity contribution is 5.65. The summed E-state index contributed by atoms with van der Waals surface area (Å²) in [7, 11) is 1.17. The molecule has 0 bridgehead atoms. The SMILES string of the molecule is COc1cc([N+](=O)[O-])c(C#N)cc1OC1CCN(C(=O)O)CC1(F)F. The number of nitro groups is 1. The normalized spacial score (nSPS) is 19.0. The number of nitro benzene ring substituents is 1. The lowest BCUT2D eigenvalue weighted by Gasteiger charge is -2.36. The van der Waals surface area contributed by atoms with Gasteiger partial charge in [0.25, 0.3) is 5.69 Å². The molecule has 1 fully saturated rings. The van der Waals surface area contributed by atoms with E-state index >= 15 is 0 Å². The largest absolute Gasteiger partial charge is 0.493 e. The summed E-state index contributed by atoms with van der Waals surface area (Å²) in [5, 5.41) is 28.7. The summed E-state index contributed by atoms with van der Waals surface area (Å²) >= 11 is 0. The number of ether oxygens (including phenoxy) is 2. The molecule has 11 heteroatoms. The molecule has 1 unspecified atom stereocenters. The molecule has 9 nitrogen and oxygen atoms in total. The fourth-order valence-electron chi connectivity index (χ4n) is 2.42. The maximum Gasteiger partial charge on any atom is 0.407 e. The molecule has 1 atom stereocenters. The Kier molecular flexibility index (Phi) is 4.92. The van der Waals surface area contributed by atoms with Gasteiger partial charge in [-0.15, -0.1) is 0 Å². The number of hydrogen-bond donors (Lipinski definition) is 1. The molecule has 1 amide bonds. The van der Waals surface area contributed by atoms with Crippen LogP contribution in [-0.2, 0) is 0 Å². The fourth-order valence-corrected chi connectivity index (χ4v) is 2.42. The number of carbonyl (C=O) groups is 1. The molecule has 0 saturated carbocycles. The van der Waals surface area contributed by atoms with E-state index in [0.717, 1.165) is 12.1 Å². The summed E-state index contributed by atoms with van der Waals surface area (Å²) in [6, 6.07) is 3.47. The van der Waals surface area contributed by atoms with Gasteiger partial charge in [-0.25, -0.2) is 13.6 Å². The molecule has 0 aromatic heterocycles. The number of methoxy groups -OCH3 is 1. The standard InChI is InChI=1S/C14H13F2N3O6/c1-24-10-5-9(19(22)23)8(6-17)4-11(10)25-12-2-3-18(13(20)21)7-14(12,15)16/h4-5,12H,2-3,7H2,1H3,(H,20,21). The van der Waals surface area contributed by atoms with Gasteiger partial charge in [0, 0.05) is 19.0 Å². The molecule has 1 aliphatic rings. The molecule has 1 saturated heterocycles. The number of nitrogens with zero attached hydrogens (tertiary/aromatic N) is 3. The van der Waals surface area contributed by atoms with Crippen LogP contribution >= 0.6 is 0 Å². The average molecular weight is 357 g/mol. The molecule has 1 aromatic carbocycles. The van der Waals surface area contributed by atoms with Crippen LogP contribution in [0.2, 0.25) is 0 Å². The zero-order valence-electron chi connectivity index (χ0n) is 12.9. The molecule has 1 aromatic rings. The van der Waals surface area contributed by atoms with E-state index in [2.05, 4.69) is 0 Å². The number of amides is 1. The third kappa shape index (κ3) is 3.68. The van der Waals surface area contributed by atoms with Crippen LogP contribution in [0.3, 0.4) is 0 Å². The van der Waals surface area contributed by atoms with Crippen LogP contribution in [0, 0.1) is 21.4 Å². The van der Waals surface area contributed by atoms with Crippen LogP contribution in [0.4, 0.5) is 19.3 Å². The molecular formula is C14H13F2N3O6. The predicted octanol–water partition coefficient (Wildman–Crippen LogP) is 2.24. The van der Waals surface area contributed by atoms with Gasteiger partial charge in [-0.05, 0) is 0 Å². The summed E-state index contributed by atoms with van der Waals surface area (Å²) in [5.74, 6) is -3.91. The second-order valence-corrected chi connectivity index (χ2v) is 5.25. The number of benzene rings is 1. The van der Waals surface area contributed by atoms with E-state index < -0.39 is 35.3 Å². The maximum atomic E-state index is 14.1. The molecule has 0 radical (unpaired) electrons. The van der Waals surface area contributed by atoms with E-state index in [-0.39, 0.29) is 30.0 Å². The van der Waals surface area contributed by atoms with E-state index in [4.69, 9.17) is 19.8 Å². The summed E-state index contributed by atoms with van der Waals surface area (Å²) in [4.78, 5) is 21.5. The van der Waals surface area contributed by atoms with Crippen LogP contribution in [0.5, 0.6) is 11.5 Å². The Morgan fingerprint density at radius 1 is 1.52 bits per heavy atom. The van der Waals surface area contributed by atoms with Crippen LogP contribution in [-0.4, -0.2) is 53.2 Å². The number of rotatable bonds is 4. The van der Waals surface area contributed by atoms with Crippen LogP contribution in [0.1, 0.15) is 12.0 Å². The van der Waals surface area contributed by atoms with Crippen molar-refractivity contribution in [2.75, 3.05) is 20.2 Å². The molecule has 0 aliphatic carbocycles. The molecule has 1 heterocycles. The van der Waals surface area contributed by atoms with Crippen molar-refractivity contribution in [1.29, 1.82) is 5.26 Å². The van der Waals surface area contributed by atoms with Crippen LogP contribution in [0.25, 0.3) is 0 Å². The topological polar surface area (TPSA) is 126 Å². The first-order valence-electron chi connectivity index (χ1n) is 6.98. The minimum Gasteiger partial charge on any atom is -0.493 e. The predicted molar refractivity (Wildman–Crippen MR) is 77.9 cm³/mol. The Labute approximate surface area is 140 Å². The minimum absolute atomic E-state index is 0.157. The lowest BCUT2D eigenvalue weighted by molar-refractivity contribution is -0.385. The first kappa shape index (κ1) is 18.2. The quantitative estimate of drug-likeness (QED) is 0.647. The number of hydrogen-bond acceptors (Lipinski definition) is 6. The van der Waals surface area contributed by atoms with Crippen molar-refractivity contribution in [2.24, 2.45) is 0 Å². The number of likely N-dealkylation sites (tertiary alicyclic amines) is 1. The molecule has 2 rings (SSSR count). The Balaban J connectivity index is 2.32. The summed E-state index contributed by atoms with van der Waals surface area (Å²) < 4.78 is 38.4. The van der Waals surface area contributed by atoms with Gasteiger partial charge >= 0.3 is 12.0 Å². The van der Waals surface area contributed by atoms with Crippen molar-refractivity contribution in [1.82, 2.24) is 4.90 Å². The third-order valence-electron chi connectivity index (χ3n) is 3.67. The second kappa shape index (κ2) is 6.76. The smallest absolute Gasteiger partial charge is 0.407 e. The third-order valence-corrected chi connectivity index (χ3v) is 3.67. The highest BCUT2D eigenvalue weighted by Crippen LogP contribution is 2.38. The average Bonchev–Trinajstić information content (AvgIpc) is 2.55. The zero-order chi connectivity index (χ0) is 18.8. The fraction of sp³-hybridized carbons (Fsp3) is 0.429. The van der Waals surface area contributed by atoms with Gasteiger partial charge < -0.3 is 19.5 Å². The van der Waals surface area contributed by atoms with Gasteiger partial charge in [0.2, 0.25) is 0 Å². The van der Waals surface area contributed by atoms with E-state index in [1.165, 1.54) is 7.11 Å². The number of alkyl halides is 2. The zero-order valence-corrected chi connectivity index (χ0v) is 12.9. The van der Waals surface area contributed by atoms with Gasteiger partial charge in [-0.1, -0.05) is 0 Å². The Morgan fingerprint density at radius 2 is 2.20 bits per heavy atom.